The average Bonchev–Trinajstić information content (AvgIpc) is 4.28. The van der Waals surface area contributed by atoms with Crippen LogP contribution in [0.15, 0.2) is 91.8 Å². The van der Waals surface area contributed by atoms with Crippen LogP contribution >= 0.6 is 0 Å². The Labute approximate surface area is 463 Å². The summed E-state index contributed by atoms with van der Waals surface area (Å²) in [6, 6.07) is 14.9. The van der Waals surface area contributed by atoms with Gasteiger partial charge in [-0.3, -0.25) is 14.4 Å². The molecule has 9 rings (SSSR count). The first-order valence-corrected chi connectivity index (χ1v) is 25.2. The van der Waals surface area contributed by atoms with Crippen molar-refractivity contribution in [2.24, 2.45) is 0 Å². The van der Waals surface area contributed by atoms with Crippen molar-refractivity contribution in [2.45, 2.75) is 98.4 Å². The van der Waals surface area contributed by atoms with Gasteiger partial charge in [0.25, 0.3) is 5.91 Å². The number of carbonyl (C=O) groups is 3. The summed E-state index contributed by atoms with van der Waals surface area (Å²) in [4.78, 5) is 46.8. The molecule has 21 heteroatoms. The third-order valence-electron chi connectivity index (χ3n) is 12.2. The van der Waals surface area contributed by atoms with E-state index in [9.17, 15) is 45.8 Å². The number of aryl methyl sites for hydroxylation is 2. The number of hydrogen-bond donors (Lipinski definition) is 1. The predicted molar refractivity (Wildman–Crippen MR) is 277 cm³/mol. The van der Waals surface area contributed by atoms with Crippen molar-refractivity contribution in [3.05, 3.63) is 166 Å². The topological polar surface area (TPSA) is 150 Å². The van der Waals surface area contributed by atoms with Crippen LogP contribution in [0.1, 0.15) is 117 Å². The maximum Gasteiger partial charge on any atom is 1.00 e. The van der Waals surface area contributed by atoms with Crippen molar-refractivity contribution in [1.29, 1.82) is 0 Å². The number of aliphatic hydroxyl groups excluding tert-OH is 1. The minimum Gasteiger partial charge on any atom is -0.495 e. The second-order valence-electron chi connectivity index (χ2n) is 18.7. The molecule has 5 heterocycles. The Balaban J connectivity index is 0.000000254. The molecule has 0 radical (unpaired) electrons. The van der Waals surface area contributed by atoms with Crippen LogP contribution in [0.2, 0.25) is 0 Å². The number of aliphatic hydroxyl groups is 1. The Morgan fingerprint density at radius 1 is 0.705 bits per heavy atom. The maximum absolute atomic E-state index is 13.9. The summed E-state index contributed by atoms with van der Waals surface area (Å²) in [6.07, 6.45) is 8.80. The molecule has 78 heavy (non-hydrogen) atoms. The Hall–Kier alpha value is -6.27. The zero-order valence-corrected chi connectivity index (χ0v) is 45.6. The van der Waals surface area contributed by atoms with E-state index in [0.717, 1.165) is 60.8 Å². The molecule has 416 valence electrons. The number of amides is 2. The van der Waals surface area contributed by atoms with E-state index in [-0.39, 0.29) is 55.7 Å². The van der Waals surface area contributed by atoms with E-state index >= 15 is 0 Å². The Kier molecular flexibility index (Phi) is 25.8. The first-order valence-electron chi connectivity index (χ1n) is 25.2. The molecule has 4 aromatic carbocycles. The number of aromatic nitrogens is 4. The SMILES string of the molecule is C1CCOC1.CCC(c1cc(F)c(F)c(F)c1)N1CCOC(C(O)c2ccc(-n3cnc(C)c3)c(OC)c2)C1=O.CCC(c1cc(F)c(F)c(F)c1)N1CCOCC1=O.C[C-](C)C.Cc1cn(-c2ccc(C=O)cc2)cn1.[Li+]. The first-order chi connectivity index (χ1) is 36.8. The van der Waals surface area contributed by atoms with E-state index in [2.05, 4.69) is 30.7 Å². The van der Waals surface area contributed by atoms with Crippen molar-refractivity contribution in [3.63, 3.8) is 0 Å². The number of imidazole rings is 2. The molecule has 3 aliphatic heterocycles. The molecule has 0 saturated carbocycles. The summed E-state index contributed by atoms with van der Waals surface area (Å²) in [7, 11) is 1.50. The number of methoxy groups -OCH3 is 1. The summed E-state index contributed by atoms with van der Waals surface area (Å²) < 4.78 is 105. The van der Waals surface area contributed by atoms with E-state index in [1.54, 1.807) is 61.4 Å². The zero-order chi connectivity index (χ0) is 56.3. The summed E-state index contributed by atoms with van der Waals surface area (Å²) in [5.41, 5.74) is 4.99. The number of rotatable bonds is 12. The number of nitrogens with zero attached hydrogens (tertiary/aromatic N) is 6. The van der Waals surface area contributed by atoms with Crippen LogP contribution in [0.25, 0.3) is 11.4 Å². The molecule has 6 aromatic rings. The molecule has 14 nitrogen and oxygen atoms in total. The fourth-order valence-electron chi connectivity index (χ4n) is 8.44. The Morgan fingerprint density at radius 2 is 1.21 bits per heavy atom. The van der Waals surface area contributed by atoms with Gasteiger partial charge in [-0.05, 0) is 117 Å². The van der Waals surface area contributed by atoms with Crippen LogP contribution in [-0.2, 0) is 23.8 Å². The van der Waals surface area contributed by atoms with Crippen LogP contribution in [-0.4, -0.2) is 111 Å². The molecular formula is C57H67F6LiN6O8. The molecule has 0 aliphatic carbocycles. The average molecular weight is 1090 g/mol. The van der Waals surface area contributed by atoms with Crippen molar-refractivity contribution in [1.82, 2.24) is 28.9 Å². The van der Waals surface area contributed by atoms with Crippen molar-refractivity contribution in [3.8, 4) is 17.1 Å². The van der Waals surface area contributed by atoms with Gasteiger partial charge in [0.1, 0.15) is 24.7 Å². The number of morpholine rings is 2. The second-order valence-corrected chi connectivity index (χ2v) is 18.7. The summed E-state index contributed by atoms with van der Waals surface area (Å²) >= 11 is 0. The van der Waals surface area contributed by atoms with Gasteiger partial charge >= 0.3 is 18.9 Å². The van der Waals surface area contributed by atoms with Gasteiger partial charge in [-0.15, -0.1) is 0 Å². The number of halogens is 6. The van der Waals surface area contributed by atoms with E-state index in [1.165, 1.54) is 35.7 Å². The number of benzene rings is 4. The fourth-order valence-corrected chi connectivity index (χ4v) is 8.44. The molecule has 3 saturated heterocycles. The quantitative estimate of drug-likeness (QED) is 0.0422. The van der Waals surface area contributed by atoms with Gasteiger partial charge in [-0.2, -0.15) is 20.8 Å². The third kappa shape index (κ3) is 17.6. The van der Waals surface area contributed by atoms with Crippen LogP contribution in [0, 0.1) is 54.7 Å². The van der Waals surface area contributed by atoms with Crippen LogP contribution in [0.4, 0.5) is 26.3 Å². The number of ether oxygens (including phenoxy) is 4. The maximum atomic E-state index is 13.9. The second kappa shape index (κ2) is 31.4. The van der Waals surface area contributed by atoms with E-state index in [0.29, 0.717) is 48.6 Å². The largest absolute Gasteiger partial charge is 1.00 e. The fraction of sp³-hybridized carbons (Fsp3) is 0.404. The van der Waals surface area contributed by atoms with Crippen molar-refractivity contribution < 1.29 is 83.6 Å². The molecule has 3 fully saturated rings. The van der Waals surface area contributed by atoms with E-state index in [4.69, 9.17) is 18.9 Å². The summed E-state index contributed by atoms with van der Waals surface area (Å²) in [5.74, 6) is -7.07. The Bertz CT molecular complexity index is 2810. The van der Waals surface area contributed by atoms with Gasteiger partial charge in [0.2, 0.25) is 5.91 Å². The molecule has 4 atom stereocenters. The molecule has 2 aromatic heterocycles. The minimum absolute atomic E-state index is 0. The summed E-state index contributed by atoms with van der Waals surface area (Å²) in [6.45, 7) is 16.6. The Morgan fingerprint density at radius 3 is 1.64 bits per heavy atom. The molecule has 0 bridgehead atoms. The predicted octanol–water partition coefficient (Wildman–Crippen LogP) is 7.85. The number of aldehydes is 1. The van der Waals surface area contributed by atoms with Crippen LogP contribution in [0.3, 0.4) is 0 Å². The molecule has 0 spiro atoms. The van der Waals surface area contributed by atoms with Gasteiger partial charge in [0.05, 0.1) is 62.1 Å². The zero-order valence-electron chi connectivity index (χ0n) is 45.6. The smallest absolute Gasteiger partial charge is 0.495 e. The summed E-state index contributed by atoms with van der Waals surface area (Å²) in [5, 5.41) is 11.1. The minimum atomic E-state index is -1.56. The van der Waals surface area contributed by atoms with E-state index < -0.39 is 65.1 Å². The van der Waals surface area contributed by atoms with Crippen molar-refractivity contribution in [2.75, 3.05) is 53.2 Å². The third-order valence-corrected chi connectivity index (χ3v) is 12.2. The number of carbonyl (C=O) groups excluding carboxylic acids is 3. The standard InChI is InChI=1S/C25H26F3N3O4.C13H14F3NO2.C11H10N2O.C4H8O.C4H9.Li/c1-4-19(16-9-17(26)22(28)18(27)10-16)31-7-8-35-24(25(31)33)23(32)15-5-6-20(21(11-15)34-3)30-12-14(2)29-13-30;1-2-11(17-3-4-19-7-12(17)18)8-5-9(14)13(16)10(15)6-8;1-9-6-13(8-12-9)11-4-2-10(7-14)3-5-11;1-2-4-5-3-1;1-4(2)3;/h5-6,9-13,19,23-24,32H,4,7-8H2,1-3H3;5-6,11H,2-4,7H2,1H3;2-8H,1H3;1-4H2;1-3H3;/q;;;;-1;+1. The molecular weight excluding hydrogens is 1020 g/mol. The monoisotopic (exact) mass is 1080 g/mol. The molecule has 3 aliphatic rings. The molecule has 2 amide bonds. The van der Waals surface area contributed by atoms with Gasteiger partial charge in [0.15, 0.2) is 41.0 Å². The van der Waals surface area contributed by atoms with Crippen LogP contribution in [0.5, 0.6) is 5.75 Å². The van der Waals surface area contributed by atoms with Gasteiger partial charge in [-0.25, -0.2) is 36.3 Å². The van der Waals surface area contributed by atoms with Gasteiger partial charge in [-0.1, -0.05) is 19.9 Å². The molecule has 4 unspecified atom stereocenters. The van der Waals surface area contributed by atoms with Crippen molar-refractivity contribution >= 4 is 18.1 Å². The van der Waals surface area contributed by atoms with Gasteiger partial charge < -0.3 is 48.9 Å². The first kappa shape index (κ1) is 64.3. The number of hydrogen-bond acceptors (Lipinski definition) is 10. The van der Waals surface area contributed by atoms with E-state index in [1.807, 2.05) is 42.9 Å². The normalized spacial score (nSPS) is 16.2. The molecule has 1 N–H and O–H groups in total. The van der Waals surface area contributed by atoms with Gasteiger partial charge in [0, 0.05) is 49.9 Å². The van der Waals surface area contributed by atoms with Crippen LogP contribution < -0.4 is 23.6 Å².